The summed E-state index contributed by atoms with van der Waals surface area (Å²) in [5.74, 6) is 0. The molecule has 0 aromatic heterocycles. The van der Waals surface area contributed by atoms with E-state index >= 15 is 0 Å². The Morgan fingerprint density at radius 2 is 1.92 bits per heavy atom. The molecule has 72 valence electrons. The molecule has 3 N–H and O–H groups in total. The van der Waals surface area contributed by atoms with Crippen molar-refractivity contribution in [2.75, 3.05) is 13.2 Å². The maximum atomic E-state index is 10.8. The lowest BCUT2D eigenvalue weighted by atomic mass is 10.3. The highest BCUT2D eigenvalue weighted by Crippen LogP contribution is 1.89. The van der Waals surface area contributed by atoms with Gasteiger partial charge in [-0.25, -0.2) is 4.79 Å². The van der Waals surface area contributed by atoms with Crippen LogP contribution in [0.1, 0.15) is 13.8 Å². The standard InChI is InChI=1S/C7H15NO4/c1-5(2)12-7(11)8-6(3-9)4-10/h5-6,9-10H,3-4H2,1-2H3,(H,8,11). The Hall–Kier alpha value is -0.810. The number of aliphatic hydroxyl groups is 2. The van der Waals surface area contributed by atoms with Crippen LogP contribution in [0.25, 0.3) is 0 Å². The monoisotopic (exact) mass is 177 g/mol. The molecule has 0 bridgehead atoms. The number of carbonyl (C=O) groups is 1. The van der Waals surface area contributed by atoms with Crippen LogP contribution in [0.4, 0.5) is 4.79 Å². The summed E-state index contributed by atoms with van der Waals surface area (Å²) in [6.45, 7) is 2.83. The molecule has 0 heterocycles. The second kappa shape index (κ2) is 5.79. The summed E-state index contributed by atoms with van der Waals surface area (Å²) < 4.78 is 4.71. The highest BCUT2D eigenvalue weighted by atomic mass is 16.6. The van der Waals surface area contributed by atoms with Crippen molar-refractivity contribution in [3.8, 4) is 0 Å². The van der Waals surface area contributed by atoms with E-state index in [2.05, 4.69) is 5.32 Å². The summed E-state index contributed by atoms with van der Waals surface area (Å²) >= 11 is 0. The van der Waals surface area contributed by atoms with Gasteiger partial charge in [-0.05, 0) is 13.8 Å². The maximum Gasteiger partial charge on any atom is 0.407 e. The second-order valence-corrected chi connectivity index (χ2v) is 2.66. The number of ether oxygens (including phenoxy) is 1. The van der Waals surface area contributed by atoms with Gasteiger partial charge in [0.25, 0.3) is 0 Å². The van der Waals surface area contributed by atoms with Gasteiger partial charge in [-0.1, -0.05) is 0 Å². The number of nitrogens with one attached hydrogen (secondary N) is 1. The zero-order valence-corrected chi connectivity index (χ0v) is 7.28. The van der Waals surface area contributed by atoms with Crippen molar-refractivity contribution >= 4 is 6.09 Å². The van der Waals surface area contributed by atoms with Crippen molar-refractivity contribution in [2.45, 2.75) is 26.0 Å². The van der Waals surface area contributed by atoms with Gasteiger partial charge in [0.2, 0.25) is 0 Å². The van der Waals surface area contributed by atoms with Crippen molar-refractivity contribution in [2.24, 2.45) is 0 Å². The first-order valence-corrected chi connectivity index (χ1v) is 3.79. The van der Waals surface area contributed by atoms with Gasteiger partial charge in [0, 0.05) is 0 Å². The quantitative estimate of drug-likeness (QED) is 0.539. The number of aliphatic hydroxyl groups excluding tert-OH is 2. The first-order valence-electron chi connectivity index (χ1n) is 3.79. The van der Waals surface area contributed by atoms with Crippen molar-refractivity contribution in [3.63, 3.8) is 0 Å². The molecule has 0 aliphatic carbocycles. The Morgan fingerprint density at radius 3 is 2.25 bits per heavy atom. The predicted octanol–water partition coefficient (Wildman–Crippen LogP) is -0.526. The van der Waals surface area contributed by atoms with E-state index in [0.717, 1.165) is 0 Å². The van der Waals surface area contributed by atoms with Crippen LogP contribution in [-0.2, 0) is 4.74 Å². The Morgan fingerprint density at radius 1 is 1.42 bits per heavy atom. The fraction of sp³-hybridized carbons (Fsp3) is 0.857. The lowest BCUT2D eigenvalue weighted by molar-refractivity contribution is 0.0987. The summed E-state index contributed by atoms with van der Waals surface area (Å²) in [6.07, 6.45) is -0.832. The normalized spacial score (nSPS) is 10.5. The number of rotatable bonds is 4. The Bertz CT molecular complexity index is 133. The number of hydrogen-bond acceptors (Lipinski definition) is 4. The predicted molar refractivity (Wildman–Crippen MR) is 42.7 cm³/mol. The fourth-order valence-electron chi connectivity index (χ4n) is 0.564. The van der Waals surface area contributed by atoms with Crippen molar-refractivity contribution in [1.29, 1.82) is 0 Å². The van der Waals surface area contributed by atoms with Gasteiger partial charge in [0.15, 0.2) is 0 Å². The Labute approximate surface area is 71.3 Å². The molecule has 0 saturated carbocycles. The summed E-state index contributed by atoms with van der Waals surface area (Å²) in [6, 6.07) is -0.642. The van der Waals surface area contributed by atoms with Crippen molar-refractivity contribution in [3.05, 3.63) is 0 Å². The van der Waals surface area contributed by atoms with E-state index in [1.807, 2.05) is 0 Å². The van der Waals surface area contributed by atoms with E-state index in [0.29, 0.717) is 0 Å². The van der Waals surface area contributed by atoms with E-state index in [4.69, 9.17) is 14.9 Å². The third-order valence-electron chi connectivity index (χ3n) is 1.11. The molecule has 1 amide bonds. The summed E-state index contributed by atoms with van der Waals surface area (Å²) in [5.41, 5.74) is 0. The minimum atomic E-state index is -0.642. The van der Waals surface area contributed by atoms with Crippen LogP contribution in [0.3, 0.4) is 0 Å². The fourth-order valence-corrected chi connectivity index (χ4v) is 0.564. The van der Waals surface area contributed by atoms with Gasteiger partial charge < -0.3 is 20.3 Å². The van der Waals surface area contributed by atoms with Crippen LogP contribution in [0, 0.1) is 0 Å². The van der Waals surface area contributed by atoms with Crippen LogP contribution in [0.2, 0.25) is 0 Å². The van der Waals surface area contributed by atoms with Gasteiger partial charge in [-0.3, -0.25) is 0 Å². The third kappa shape index (κ3) is 4.92. The summed E-state index contributed by atoms with van der Waals surface area (Å²) in [7, 11) is 0. The molecule has 0 aliphatic rings. The molecule has 5 nitrogen and oxygen atoms in total. The molecule has 0 aromatic rings. The maximum absolute atomic E-state index is 10.8. The van der Waals surface area contributed by atoms with Crippen molar-refractivity contribution < 1.29 is 19.7 Å². The van der Waals surface area contributed by atoms with E-state index in [-0.39, 0.29) is 19.3 Å². The number of carbonyl (C=O) groups excluding carboxylic acids is 1. The number of alkyl carbamates (subject to hydrolysis) is 1. The molecule has 0 saturated heterocycles. The molecule has 0 aromatic carbocycles. The minimum absolute atomic E-state index is 0.206. The topological polar surface area (TPSA) is 78.8 Å². The second-order valence-electron chi connectivity index (χ2n) is 2.66. The first-order chi connectivity index (χ1) is 5.60. The highest BCUT2D eigenvalue weighted by Gasteiger charge is 2.11. The molecule has 0 aliphatic heterocycles. The highest BCUT2D eigenvalue weighted by molar-refractivity contribution is 5.67. The molecule has 5 heteroatoms. The van der Waals surface area contributed by atoms with Gasteiger partial charge in [0.1, 0.15) is 0 Å². The van der Waals surface area contributed by atoms with E-state index in [1.165, 1.54) is 0 Å². The molecule has 0 fully saturated rings. The molecular formula is C7H15NO4. The molecule has 0 spiro atoms. The average Bonchev–Trinajstić information content (AvgIpc) is 1.98. The van der Waals surface area contributed by atoms with Crippen LogP contribution in [0.15, 0.2) is 0 Å². The SMILES string of the molecule is CC(C)OC(=O)NC(CO)CO. The zero-order valence-electron chi connectivity index (χ0n) is 7.28. The van der Waals surface area contributed by atoms with Crippen LogP contribution < -0.4 is 5.32 Å². The number of hydrogen-bond donors (Lipinski definition) is 3. The van der Waals surface area contributed by atoms with Crippen LogP contribution >= 0.6 is 0 Å². The van der Waals surface area contributed by atoms with Crippen LogP contribution in [-0.4, -0.2) is 41.7 Å². The molecular weight excluding hydrogens is 162 g/mol. The molecule has 0 unspecified atom stereocenters. The molecule has 0 atom stereocenters. The Balaban J connectivity index is 3.66. The van der Waals surface area contributed by atoms with Gasteiger partial charge in [-0.2, -0.15) is 0 Å². The largest absolute Gasteiger partial charge is 0.447 e. The first kappa shape index (κ1) is 11.2. The zero-order chi connectivity index (χ0) is 9.56. The lowest BCUT2D eigenvalue weighted by Gasteiger charge is -2.14. The van der Waals surface area contributed by atoms with Crippen LogP contribution in [0.5, 0.6) is 0 Å². The third-order valence-corrected chi connectivity index (χ3v) is 1.11. The molecule has 0 radical (unpaired) electrons. The van der Waals surface area contributed by atoms with E-state index in [9.17, 15) is 4.79 Å². The molecule has 0 rings (SSSR count). The summed E-state index contributed by atoms with van der Waals surface area (Å²) in [5, 5.41) is 19.4. The van der Waals surface area contributed by atoms with Gasteiger partial charge in [0.05, 0.1) is 25.4 Å². The average molecular weight is 177 g/mol. The Kier molecular flexibility index (Phi) is 5.40. The van der Waals surface area contributed by atoms with Gasteiger partial charge >= 0.3 is 6.09 Å². The minimum Gasteiger partial charge on any atom is -0.447 e. The lowest BCUT2D eigenvalue weighted by Crippen LogP contribution is -2.41. The van der Waals surface area contributed by atoms with Gasteiger partial charge in [-0.15, -0.1) is 0 Å². The summed E-state index contributed by atoms with van der Waals surface area (Å²) in [4.78, 5) is 10.8. The van der Waals surface area contributed by atoms with E-state index in [1.54, 1.807) is 13.8 Å². The van der Waals surface area contributed by atoms with Crippen molar-refractivity contribution in [1.82, 2.24) is 5.32 Å². The smallest absolute Gasteiger partial charge is 0.407 e. The molecule has 12 heavy (non-hydrogen) atoms. The number of amides is 1. The van der Waals surface area contributed by atoms with E-state index < -0.39 is 12.1 Å².